The highest BCUT2D eigenvalue weighted by atomic mass is 16.6. The molecule has 1 amide bonds. The average molecular weight is 302 g/mol. The van der Waals surface area contributed by atoms with E-state index in [-0.39, 0.29) is 0 Å². The molecule has 118 valence electrons. The van der Waals surface area contributed by atoms with Gasteiger partial charge in [-0.1, -0.05) is 12.1 Å². The number of hydrogen-bond acceptors (Lipinski definition) is 4. The first-order valence-electron chi connectivity index (χ1n) is 7.19. The Hall–Kier alpha value is -2.34. The fraction of sp³-hybridized carbons (Fsp3) is 0.375. The van der Waals surface area contributed by atoms with Gasteiger partial charge in [-0.15, -0.1) is 0 Å². The lowest BCUT2D eigenvalue weighted by Gasteiger charge is -2.19. The topological polar surface area (TPSA) is 79.0 Å². The molecule has 0 spiro atoms. The molecule has 0 saturated carbocycles. The third kappa shape index (κ3) is 5.57. The van der Waals surface area contributed by atoms with Gasteiger partial charge >= 0.3 is 6.09 Å². The van der Waals surface area contributed by atoms with Crippen molar-refractivity contribution in [3.63, 3.8) is 0 Å². The molecule has 1 heterocycles. The van der Waals surface area contributed by atoms with E-state index in [0.717, 1.165) is 24.3 Å². The largest absolute Gasteiger partial charge is 0.444 e. The van der Waals surface area contributed by atoms with E-state index in [1.54, 1.807) is 12.5 Å². The van der Waals surface area contributed by atoms with Gasteiger partial charge < -0.3 is 15.0 Å². The number of carbonyl (C=O) groups is 1. The molecule has 2 rings (SSSR count). The number of carbonyl (C=O) groups excluding carboxylic acids is 1. The number of imidazole rings is 1. The number of aromatic nitrogens is 2. The Morgan fingerprint density at radius 3 is 2.55 bits per heavy atom. The standard InChI is InChI=1S/C16H22N4O2/c1-16(2,3)22-15(21)20-13-6-4-12(5-7-13)8-17-9-14-10-18-11-19-14/h4-7,10-11,17H,8-9H2,1-3H3,(H,18,19)(H,20,21). The molecular weight excluding hydrogens is 280 g/mol. The number of aromatic amines is 1. The quantitative estimate of drug-likeness (QED) is 0.793. The van der Waals surface area contributed by atoms with Gasteiger partial charge in [0.05, 0.1) is 6.33 Å². The van der Waals surface area contributed by atoms with E-state index in [0.29, 0.717) is 5.69 Å². The maximum atomic E-state index is 11.7. The highest BCUT2D eigenvalue weighted by Crippen LogP contribution is 2.13. The molecule has 1 aromatic heterocycles. The zero-order chi connectivity index (χ0) is 16.0. The molecule has 0 aliphatic rings. The highest BCUT2D eigenvalue weighted by Gasteiger charge is 2.15. The Morgan fingerprint density at radius 2 is 1.95 bits per heavy atom. The summed E-state index contributed by atoms with van der Waals surface area (Å²) in [5, 5.41) is 6.02. The van der Waals surface area contributed by atoms with Gasteiger partial charge in [-0.3, -0.25) is 5.32 Å². The van der Waals surface area contributed by atoms with Gasteiger partial charge in [0.2, 0.25) is 0 Å². The van der Waals surface area contributed by atoms with Crippen LogP contribution in [0.4, 0.5) is 10.5 Å². The lowest BCUT2D eigenvalue weighted by molar-refractivity contribution is 0.0636. The minimum Gasteiger partial charge on any atom is -0.444 e. The summed E-state index contributed by atoms with van der Waals surface area (Å²) < 4.78 is 5.21. The molecule has 0 aliphatic carbocycles. The molecule has 1 aromatic carbocycles. The highest BCUT2D eigenvalue weighted by molar-refractivity contribution is 5.84. The van der Waals surface area contributed by atoms with Crippen molar-refractivity contribution < 1.29 is 9.53 Å². The summed E-state index contributed by atoms with van der Waals surface area (Å²) in [5.74, 6) is 0. The summed E-state index contributed by atoms with van der Waals surface area (Å²) in [6.45, 7) is 6.98. The van der Waals surface area contributed by atoms with Gasteiger partial charge in [-0.2, -0.15) is 0 Å². The van der Waals surface area contributed by atoms with Crippen molar-refractivity contribution >= 4 is 11.8 Å². The second-order valence-corrected chi connectivity index (χ2v) is 6.00. The van der Waals surface area contributed by atoms with Crippen molar-refractivity contribution in [1.29, 1.82) is 0 Å². The fourth-order valence-corrected chi connectivity index (χ4v) is 1.85. The van der Waals surface area contributed by atoms with Crippen LogP contribution < -0.4 is 10.6 Å². The number of benzene rings is 1. The number of nitrogens with one attached hydrogen (secondary N) is 3. The number of rotatable bonds is 5. The van der Waals surface area contributed by atoms with Gasteiger partial charge in [0, 0.05) is 30.7 Å². The van der Waals surface area contributed by atoms with E-state index in [1.165, 1.54) is 0 Å². The van der Waals surface area contributed by atoms with Crippen molar-refractivity contribution in [2.45, 2.75) is 39.5 Å². The average Bonchev–Trinajstić information content (AvgIpc) is 2.92. The molecule has 22 heavy (non-hydrogen) atoms. The second kappa shape index (κ2) is 7.09. The lowest BCUT2D eigenvalue weighted by Crippen LogP contribution is -2.27. The van der Waals surface area contributed by atoms with Crippen molar-refractivity contribution in [3.05, 3.63) is 48.0 Å². The normalized spacial score (nSPS) is 11.2. The van der Waals surface area contributed by atoms with Crippen LogP contribution in [0, 0.1) is 0 Å². The molecule has 0 atom stereocenters. The van der Waals surface area contributed by atoms with Gasteiger partial charge in [0.15, 0.2) is 0 Å². The van der Waals surface area contributed by atoms with E-state index in [9.17, 15) is 4.79 Å². The molecule has 0 fully saturated rings. The SMILES string of the molecule is CC(C)(C)OC(=O)Nc1ccc(CNCc2cnc[nH]2)cc1. The van der Waals surface area contributed by atoms with Crippen LogP contribution in [0.15, 0.2) is 36.8 Å². The Morgan fingerprint density at radius 1 is 1.23 bits per heavy atom. The van der Waals surface area contributed by atoms with Crippen LogP contribution in [0.5, 0.6) is 0 Å². The molecular formula is C16H22N4O2. The summed E-state index contributed by atoms with van der Waals surface area (Å²) in [6.07, 6.45) is 3.01. The van der Waals surface area contributed by atoms with Crippen molar-refractivity contribution in [2.24, 2.45) is 0 Å². The van der Waals surface area contributed by atoms with Crippen LogP contribution in [-0.4, -0.2) is 21.7 Å². The van der Waals surface area contributed by atoms with E-state index >= 15 is 0 Å². The summed E-state index contributed by atoms with van der Waals surface area (Å²) in [5.41, 5.74) is 2.39. The smallest absolute Gasteiger partial charge is 0.412 e. The monoisotopic (exact) mass is 302 g/mol. The number of ether oxygens (including phenoxy) is 1. The molecule has 3 N–H and O–H groups in total. The number of hydrogen-bond donors (Lipinski definition) is 3. The van der Waals surface area contributed by atoms with Crippen LogP contribution in [0.2, 0.25) is 0 Å². The number of anilines is 1. The van der Waals surface area contributed by atoms with Crippen LogP contribution in [0.25, 0.3) is 0 Å². The van der Waals surface area contributed by atoms with Crippen LogP contribution >= 0.6 is 0 Å². The molecule has 6 heteroatoms. The molecule has 0 radical (unpaired) electrons. The first-order valence-corrected chi connectivity index (χ1v) is 7.19. The van der Waals surface area contributed by atoms with E-state index in [1.807, 2.05) is 45.0 Å². The van der Waals surface area contributed by atoms with Gasteiger partial charge in [-0.25, -0.2) is 9.78 Å². The number of nitrogens with zero attached hydrogens (tertiary/aromatic N) is 1. The Kier molecular flexibility index (Phi) is 5.16. The summed E-state index contributed by atoms with van der Waals surface area (Å²) >= 11 is 0. The van der Waals surface area contributed by atoms with Crippen LogP contribution in [0.1, 0.15) is 32.0 Å². The molecule has 0 saturated heterocycles. The molecule has 0 bridgehead atoms. The van der Waals surface area contributed by atoms with Crippen LogP contribution in [0.3, 0.4) is 0 Å². The Balaban J connectivity index is 1.78. The van der Waals surface area contributed by atoms with Gasteiger partial charge in [0.25, 0.3) is 0 Å². The third-order valence-corrected chi connectivity index (χ3v) is 2.80. The first-order chi connectivity index (χ1) is 10.4. The summed E-state index contributed by atoms with van der Waals surface area (Å²) in [4.78, 5) is 18.7. The summed E-state index contributed by atoms with van der Waals surface area (Å²) in [7, 11) is 0. The molecule has 6 nitrogen and oxygen atoms in total. The third-order valence-electron chi connectivity index (χ3n) is 2.80. The fourth-order valence-electron chi connectivity index (χ4n) is 1.85. The second-order valence-electron chi connectivity index (χ2n) is 6.00. The maximum absolute atomic E-state index is 11.7. The Bertz CT molecular complexity index is 586. The minimum absolute atomic E-state index is 0.447. The van der Waals surface area contributed by atoms with Gasteiger partial charge in [0.1, 0.15) is 5.60 Å². The van der Waals surface area contributed by atoms with Gasteiger partial charge in [-0.05, 0) is 38.5 Å². The van der Waals surface area contributed by atoms with E-state index in [2.05, 4.69) is 20.6 Å². The summed E-state index contributed by atoms with van der Waals surface area (Å²) in [6, 6.07) is 7.65. The minimum atomic E-state index is -0.499. The molecule has 2 aromatic rings. The lowest BCUT2D eigenvalue weighted by atomic mass is 10.2. The maximum Gasteiger partial charge on any atom is 0.412 e. The molecule has 0 aliphatic heterocycles. The van der Waals surface area contributed by atoms with E-state index in [4.69, 9.17) is 4.74 Å². The predicted molar refractivity (Wildman–Crippen MR) is 85.4 cm³/mol. The van der Waals surface area contributed by atoms with Crippen LogP contribution in [-0.2, 0) is 17.8 Å². The van der Waals surface area contributed by atoms with E-state index < -0.39 is 11.7 Å². The van der Waals surface area contributed by atoms with Crippen molar-refractivity contribution in [3.8, 4) is 0 Å². The number of H-pyrrole nitrogens is 1. The number of amides is 1. The Labute approximate surface area is 130 Å². The molecule has 0 unspecified atom stereocenters. The van der Waals surface area contributed by atoms with Crippen molar-refractivity contribution in [1.82, 2.24) is 15.3 Å². The van der Waals surface area contributed by atoms with Crippen molar-refractivity contribution in [2.75, 3.05) is 5.32 Å². The predicted octanol–water partition coefficient (Wildman–Crippen LogP) is 3.05. The first kappa shape index (κ1) is 16.0. The zero-order valence-corrected chi connectivity index (χ0v) is 13.1. The zero-order valence-electron chi connectivity index (χ0n) is 13.1.